The van der Waals surface area contributed by atoms with E-state index in [9.17, 15) is 8.42 Å². The Bertz CT molecular complexity index is 554. The van der Waals surface area contributed by atoms with Crippen LogP contribution in [0.15, 0.2) is 23.1 Å². The molecular formula is C12H14Cl3NO2S. The van der Waals surface area contributed by atoms with Gasteiger partial charge in [0.05, 0.1) is 14.9 Å². The minimum Gasteiger partial charge on any atom is -0.208 e. The zero-order valence-electron chi connectivity index (χ0n) is 10.1. The van der Waals surface area contributed by atoms with Crippen LogP contribution in [0.2, 0.25) is 10.0 Å². The second kappa shape index (κ2) is 6.19. The summed E-state index contributed by atoms with van der Waals surface area (Å²) in [5, 5.41) is 0.725. The summed E-state index contributed by atoms with van der Waals surface area (Å²) in [6, 6.07) is 4.23. The molecule has 1 aromatic carbocycles. The van der Waals surface area contributed by atoms with Crippen LogP contribution in [-0.2, 0) is 10.0 Å². The molecule has 1 aliphatic rings. The van der Waals surface area contributed by atoms with Gasteiger partial charge in [0.25, 0.3) is 0 Å². The topological polar surface area (TPSA) is 46.2 Å². The minimum absolute atomic E-state index is 0.0607. The maximum atomic E-state index is 12.2. The average Bonchev–Trinajstić information content (AvgIpc) is 2.35. The molecule has 3 nitrogen and oxygen atoms in total. The van der Waals surface area contributed by atoms with Crippen LogP contribution in [0.1, 0.15) is 25.7 Å². The van der Waals surface area contributed by atoms with Gasteiger partial charge in [-0.25, -0.2) is 13.1 Å². The van der Waals surface area contributed by atoms with Gasteiger partial charge in [0, 0.05) is 11.4 Å². The predicted molar refractivity (Wildman–Crippen MR) is 78.7 cm³/mol. The molecule has 0 bridgehead atoms. The van der Waals surface area contributed by atoms with Gasteiger partial charge in [0.15, 0.2) is 0 Å². The number of alkyl halides is 1. The van der Waals surface area contributed by atoms with Crippen molar-refractivity contribution in [3.63, 3.8) is 0 Å². The molecule has 1 saturated carbocycles. The summed E-state index contributed by atoms with van der Waals surface area (Å²) in [5.41, 5.74) is 0. The highest BCUT2D eigenvalue weighted by atomic mass is 35.5. The van der Waals surface area contributed by atoms with E-state index >= 15 is 0 Å². The molecule has 1 aromatic rings. The molecule has 0 spiro atoms. The zero-order chi connectivity index (χ0) is 14.0. The lowest BCUT2D eigenvalue weighted by atomic mass is 9.96. The van der Waals surface area contributed by atoms with Crippen molar-refractivity contribution in [3.8, 4) is 0 Å². The van der Waals surface area contributed by atoms with E-state index in [2.05, 4.69) is 4.72 Å². The predicted octanol–water partition coefficient (Wildman–Crippen LogP) is 3.82. The van der Waals surface area contributed by atoms with Crippen molar-refractivity contribution in [2.45, 2.75) is 42.0 Å². The summed E-state index contributed by atoms with van der Waals surface area (Å²) in [6.45, 7) is 0. The second-order valence-corrected chi connectivity index (χ2v) is 7.79. The number of sulfonamides is 1. The first-order valence-electron chi connectivity index (χ1n) is 6.00. The third-order valence-corrected chi connectivity index (χ3v) is 5.87. The summed E-state index contributed by atoms with van der Waals surface area (Å²) >= 11 is 17.6. The summed E-state index contributed by atoms with van der Waals surface area (Å²) in [5.74, 6) is 0. The van der Waals surface area contributed by atoms with Crippen molar-refractivity contribution in [3.05, 3.63) is 28.2 Å². The summed E-state index contributed by atoms with van der Waals surface area (Å²) in [6.07, 6.45) is 3.18. The largest absolute Gasteiger partial charge is 0.240 e. The first-order chi connectivity index (χ1) is 8.88. The van der Waals surface area contributed by atoms with Crippen LogP contribution < -0.4 is 4.72 Å². The third kappa shape index (κ3) is 3.99. The molecule has 1 aliphatic carbocycles. The van der Waals surface area contributed by atoms with E-state index < -0.39 is 10.0 Å². The fourth-order valence-corrected chi connectivity index (χ4v) is 4.05. The van der Waals surface area contributed by atoms with E-state index in [4.69, 9.17) is 34.8 Å². The molecule has 1 N–H and O–H groups in total. The first-order valence-corrected chi connectivity index (χ1v) is 8.67. The van der Waals surface area contributed by atoms with Crippen LogP contribution in [-0.4, -0.2) is 19.8 Å². The molecule has 1 fully saturated rings. The Labute approximate surface area is 128 Å². The van der Waals surface area contributed by atoms with E-state index in [0.717, 1.165) is 25.7 Å². The van der Waals surface area contributed by atoms with Gasteiger partial charge >= 0.3 is 0 Å². The van der Waals surface area contributed by atoms with Gasteiger partial charge in [-0.1, -0.05) is 23.2 Å². The molecule has 0 amide bonds. The number of rotatable bonds is 3. The Balaban J connectivity index is 2.11. The van der Waals surface area contributed by atoms with E-state index in [-0.39, 0.29) is 21.3 Å². The van der Waals surface area contributed by atoms with Gasteiger partial charge in [-0.15, -0.1) is 11.6 Å². The highest BCUT2D eigenvalue weighted by Gasteiger charge is 2.25. The maximum absolute atomic E-state index is 12.2. The highest BCUT2D eigenvalue weighted by molar-refractivity contribution is 7.89. The number of nitrogens with one attached hydrogen (secondary N) is 1. The number of hydrogen-bond donors (Lipinski definition) is 1. The monoisotopic (exact) mass is 341 g/mol. The number of halogens is 3. The molecule has 0 heterocycles. The first kappa shape index (κ1) is 15.4. The van der Waals surface area contributed by atoms with Crippen LogP contribution in [0, 0.1) is 0 Å². The Kier molecular flexibility index (Phi) is 5.01. The summed E-state index contributed by atoms with van der Waals surface area (Å²) in [4.78, 5) is 0.134. The Morgan fingerprint density at radius 3 is 2.26 bits per heavy atom. The summed E-state index contributed by atoms with van der Waals surface area (Å²) < 4.78 is 27.1. The van der Waals surface area contributed by atoms with Gasteiger partial charge in [-0.2, -0.15) is 0 Å². The lowest BCUT2D eigenvalue weighted by molar-refractivity contribution is 0.416. The van der Waals surface area contributed by atoms with Crippen LogP contribution in [0.3, 0.4) is 0 Å². The van der Waals surface area contributed by atoms with Gasteiger partial charge in [-0.3, -0.25) is 0 Å². The van der Waals surface area contributed by atoms with E-state index in [1.54, 1.807) is 0 Å². The van der Waals surface area contributed by atoms with Crippen LogP contribution in [0.5, 0.6) is 0 Å². The highest BCUT2D eigenvalue weighted by Crippen LogP contribution is 2.27. The molecular weight excluding hydrogens is 329 g/mol. The third-order valence-electron chi connectivity index (χ3n) is 3.18. The van der Waals surface area contributed by atoms with E-state index in [1.807, 2.05) is 0 Å². The van der Waals surface area contributed by atoms with Crippen molar-refractivity contribution >= 4 is 44.8 Å². The standard InChI is InChI=1S/C12H14Cl3NO2S/c13-8-1-3-9(4-2-8)16-19(17,18)10-5-6-11(14)12(15)7-10/h5-9,16H,1-4H2. The number of benzene rings is 1. The fourth-order valence-electron chi connectivity index (χ4n) is 2.10. The molecule has 0 unspecified atom stereocenters. The van der Waals surface area contributed by atoms with E-state index in [1.165, 1.54) is 18.2 Å². The molecule has 106 valence electrons. The zero-order valence-corrected chi connectivity index (χ0v) is 13.2. The van der Waals surface area contributed by atoms with Gasteiger partial charge in [-0.05, 0) is 43.9 Å². The Hall–Kier alpha value is -0.000000000000000111. The molecule has 0 radical (unpaired) electrons. The van der Waals surface area contributed by atoms with Crippen LogP contribution >= 0.6 is 34.8 Å². The molecule has 0 saturated heterocycles. The van der Waals surface area contributed by atoms with Crippen molar-refractivity contribution in [2.24, 2.45) is 0 Å². The quantitative estimate of drug-likeness (QED) is 0.849. The van der Waals surface area contributed by atoms with Crippen molar-refractivity contribution in [1.82, 2.24) is 4.72 Å². The van der Waals surface area contributed by atoms with Gasteiger partial charge in [0.1, 0.15) is 0 Å². The Morgan fingerprint density at radius 1 is 1.05 bits per heavy atom. The van der Waals surface area contributed by atoms with Gasteiger partial charge < -0.3 is 0 Å². The Morgan fingerprint density at radius 2 is 1.68 bits per heavy atom. The summed E-state index contributed by atoms with van der Waals surface area (Å²) in [7, 11) is -3.55. The fraction of sp³-hybridized carbons (Fsp3) is 0.500. The molecule has 0 aliphatic heterocycles. The maximum Gasteiger partial charge on any atom is 0.240 e. The van der Waals surface area contributed by atoms with Crippen molar-refractivity contribution < 1.29 is 8.42 Å². The average molecular weight is 343 g/mol. The lowest BCUT2D eigenvalue weighted by Gasteiger charge is -2.25. The smallest absolute Gasteiger partial charge is 0.208 e. The SMILES string of the molecule is O=S(=O)(NC1CCC(Cl)CC1)c1ccc(Cl)c(Cl)c1. The van der Waals surface area contributed by atoms with E-state index in [0.29, 0.717) is 5.02 Å². The normalized spacial score (nSPS) is 24.4. The molecule has 2 rings (SSSR count). The van der Waals surface area contributed by atoms with Crippen LogP contribution in [0.4, 0.5) is 0 Å². The van der Waals surface area contributed by atoms with Crippen LogP contribution in [0.25, 0.3) is 0 Å². The number of hydrogen-bond acceptors (Lipinski definition) is 2. The molecule has 7 heteroatoms. The second-order valence-electron chi connectivity index (χ2n) is 4.65. The van der Waals surface area contributed by atoms with Gasteiger partial charge in [0.2, 0.25) is 10.0 Å². The lowest BCUT2D eigenvalue weighted by Crippen LogP contribution is -2.37. The molecule has 0 aromatic heterocycles. The molecule has 19 heavy (non-hydrogen) atoms. The van der Waals surface area contributed by atoms with Crippen molar-refractivity contribution in [1.29, 1.82) is 0 Å². The molecule has 0 atom stereocenters. The minimum atomic E-state index is -3.55. The van der Waals surface area contributed by atoms with Crippen molar-refractivity contribution in [2.75, 3.05) is 0 Å².